The van der Waals surface area contributed by atoms with Gasteiger partial charge in [-0.05, 0) is 25.8 Å². The van der Waals surface area contributed by atoms with Gasteiger partial charge >= 0.3 is 0 Å². The van der Waals surface area contributed by atoms with E-state index in [9.17, 15) is 0 Å². The van der Waals surface area contributed by atoms with E-state index in [2.05, 4.69) is 11.8 Å². The molecule has 0 aromatic rings. The fraction of sp³-hybridized carbons (Fsp3) is 1.00. The number of likely N-dealkylation sites (tertiary alicyclic amines) is 1. The Bertz CT molecular complexity index is 130. The number of unbranched alkanes of at least 4 members (excludes halogenated alkanes) is 3. The molecule has 1 rings (SSSR count). The molecule has 0 unspecified atom stereocenters. The van der Waals surface area contributed by atoms with Gasteiger partial charge in [0.25, 0.3) is 0 Å². The minimum Gasteiger partial charge on any atom is -0.381 e. The highest BCUT2D eigenvalue weighted by molar-refractivity contribution is 4.71. The van der Waals surface area contributed by atoms with Crippen LogP contribution in [0.25, 0.3) is 0 Å². The molecule has 1 aliphatic heterocycles. The van der Waals surface area contributed by atoms with Gasteiger partial charge in [-0.15, -0.1) is 0 Å². The molecule has 2 nitrogen and oxygen atoms in total. The third-order valence-electron chi connectivity index (χ3n) is 3.20. The summed E-state index contributed by atoms with van der Waals surface area (Å²) in [6, 6.07) is 0. The zero-order valence-electron chi connectivity index (χ0n) is 9.80. The largest absolute Gasteiger partial charge is 0.381 e. The van der Waals surface area contributed by atoms with Crippen LogP contribution in [0.2, 0.25) is 0 Å². The van der Waals surface area contributed by atoms with E-state index in [4.69, 9.17) is 4.74 Å². The average molecular weight is 199 g/mol. The SMILES string of the molecule is CCCCCCN1CCC(OC)CC1. The first-order chi connectivity index (χ1) is 6.86. The summed E-state index contributed by atoms with van der Waals surface area (Å²) in [6.07, 6.45) is 8.50. The highest BCUT2D eigenvalue weighted by atomic mass is 16.5. The quantitative estimate of drug-likeness (QED) is 0.610. The normalized spacial score (nSPS) is 20.1. The predicted octanol–water partition coefficient (Wildman–Crippen LogP) is 2.68. The Kier molecular flexibility index (Phi) is 6.20. The standard InChI is InChI=1S/C12H25NO/c1-3-4-5-6-9-13-10-7-12(14-2)8-11-13/h12H,3-11H2,1-2H3. The van der Waals surface area contributed by atoms with Crippen molar-refractivity contribution >= 4 is 0 Å². The second kappa shape index (κ2) is 7.24. The van der Waals surface area contributed by atoms with Gasteiger partial charge in [0.2, 0.25) is 0 Å². The molecular weight excluding hydrogens is 174 g/mol. The van der Waals surface area contributed by atoms with Crippen molar-refractivity contribution in [1.82, 2.24) is 4.90 Å². The van der Waals surface area contributed by atoms with Gasteiger partial charge in [-0.2, -0.15) is 0 Å². The van der Waals surface area contributed by atoms with Crippen LogP contribution in [-0.2, 0) is 4.74 Å². The summed E-state index contributed by atoms with van der Waals surface area (Å²) < 4.78 is 5.36. The summed E-state index contributed by atoms with van der Waals surface area (Å²) in [5, 5.41) is 0. The lowest BCUT2D eigenvalue weighted by Gasteiger charge is -2.31. The Morgan fingerprint density at radius 1 is 1.14 bits per heavy atom. The molecule has 84 valence electrons. The molecule has 2 heteroatoms. The zero-order chi connectivity index (χ0) is 10.2. The van der Waals surface area contributed by atoms with Crippen LogP contribution in [0.3, 0.4) is 0 Å². The Hall–Kier alpha value is -0.0800. The average Bonchev–Trinajstić information content (AvgIpc) is 2.25. The third-order valence-corrected chi connectivity index (χ3v) is 3.20. The first kappa shape index (κ1) is 12.0. The molecular formula is C12H25NO. The second-order valence-electron chi connectivity index (χ2n) is 4.34. The van der Waals surface area contributed by atoms with Crippen molar-refractivity contribution < 1.29 is 4.74 Å². The number of hydrogen-bond donors (Lipinski definition) is 0. The molecule has 1 heterocycles. The van der Waals surface area contributed by atoms with E-state index >= 15 is 0 Å². The lowest BCUT2D eigenvalue weighted by molar-refractivity contribution is 0.0407. The number of piperidine rings is 1. The van der Waals surface area contributed by atoms with Gasteiger partial charge in [0.15, 0.2) is 0 Å². The zero-order valence-corrected chi connectivity index (χ0v) is 9.80. The Morgan fingerprint density at radius 2 is 1.86 bits per heavy atom. The third kappa shape index (κ3) is 4.43. The van der Waals surface area contributed by atoms with Crippen molar-refractivity contribution in [2.75, 3.05) is 26.7 Å². The van der Waals surface area contributed by atoms with E-state index in [0.29, 0.717) is 6.10 Å². The highest BCUT2D eigenvalue weighted by Crippen LogP contribution is 2.13. The van der Waals surface area contributed by atoms with E-state index in [1.165, 1.54) is 58.2 Å². The number of rotatable bonds is 6. The van der Waals surface area contributed by atoms with Crippen molar-refractivity contribution in [3.63, 3.8) is 0 Å². The van der Waals surface area contributed by atoms with E-state index in [0.717, 1.165) is 0 Å². The second-order valence-corrected chi connectivity index (χ2v) is 4.34. The van der Waals surface area contributed by atoms with Gasteiger partial charge in [0, 0.05) is 20.2 Å². The minimum atomic E-state index is 0.530. The maximum absolute atomic E-state index is 5.36. The van der Waals surface area contributed by atoms with Gasteiger partial charge in [-0.3, -0.25) is 0 Å². The fourth-order valence-corrected chi connectivity index (χ4v) is 2.13. The molecule has 0 aliphatic carbocycles. The van der Waals surface area contributed by atoms with E-state index < -0.39 is 0 Å². The van der Waals surface area contributed by atoms with Crippen LogP contribution in [0, 0.1) is 0 Å². The molecule has 1 fully saturated rings. The molecule has 14 heavy (non-hydrogen) atoms. The van der Waals surface area contributed by atoms with Crippen LogP contribution in [-0.4, -0.2) is 37.7 Å². The van der Waals surface area contributed by atoms with Crippen LogP contribution in [0.5, 0.6) is 0 Å². The fourth-order valence-electron chi connectivity index (χ4n) is 2.13. The predicted molar refractivity (Wildman–Crippen MR) is 60.6 cm³/mol. The molecule has 0 aromatic heterocycles. The highest BCUT2D eigenvalue weighted by Gasteiger charge is 2.17. The monoisotopic (exact) mass is 199 g/mol. The lowest BCUT2D eigenvalue weighted by atomic mass is 10.1. The molecule has 1 aliphatic rings. The van der Waals surface area contributed by atoms with Crippen molar-refractivity contribution in [2.45, 2.75) is 51.6 Å². The van der Waals surface area contributed by atoms with Crippen molar-refractivity contribution in [3.05, 3.63) is 0 Å². The molecule has 0 spiro atoms. The maximum atomic E-state index is 5.36. The molecule has 0 bridgehead atoms. The molecule has 0 radical (unpaired) electrons. The Morgan fingerprint density at radius 3 is 2.43 bits per heavy atom. The molecule has 0 saturated carbocycles. The van der Waals surface area contributed by atoms with Crippen LogP contribution in [0.4, 0.5) is 0 Å². The van der Waals surface area contributed by atoms with Crippen LogP contribution < -0.4 is 0 Å². The van der Waals surface area contributed by atoms with E-state index in [1.807, 2.05) is 7.11 Å². The molecule has 0 aromatic carbocycles. The molecule has 0 amide bonds. The number of ether oxygens (including phenoxy) is 1. The van der Waals surface area contributed by atoms with Gasteiger partial charge in [-0.25, -0.2) is 0 Å². The summed E-state index contributed by atoms with van der Waals surface area (Å²) in [7, 11) is 1.83. The Labute approximate surface area is 88.6 Å². The maximum Gasteiger partial charge on any atom is 0.0595 e. The summed E-state index contributed by atoms with van der Waals surface area (Å²) in [5.41, 5.74) is 0. The van der Waals surface area contributed by atoms with Crippen molar-refractivity contribution in [2.24, 2.45) is 0 Å². The van der Waals surface area contributed by atoms with Gasteiger partial charge in [0.05, 0.1) is 6.10 Å². The smallest absolute Gasteiger partial charge is 0.0595 e. The molecule has 1 saturated heterocycles. The summed E-state index contributed by atoms with van der Waals surface area (Å²) in [5.74, 6) is 0. The topological polar surface area (TPSA) is 12.5 Å². The number of hydrogen-bond acceptors (Lipinski definition) is 2. The van der Waals surface area contributed by atoms with Crippen molar-refractivity contribution in [1.29, 1.82) is 0 Å². The van der Waals surface area contributed by atoms with Gasteiger partial charge < -0.3 is 9.64 Å². The van der Waals surface area contributed by atoms with E-state index in [1.54, 1.807) is 0 Å². The van der Waals surface area contributed by atoms with Crippen LogP contribution in [0.1, 0.15) is 45.4 Å². The number of methoxy groups -OCH3 is 1. The van der Waals surface area contributed by atoms with Crippen LogP contribution in [0.15, 0.2) is 0 Å². The summed E-state index contributed by atoms with van der Waals surface area (Å²) in [6.45, 7) is 6.05. The molecule has 0 atom stereocenters. The molecule has 0 N–H and O–H groups in total. The summed E-state index contributed by atoms with van der Waals surface area (Å²) >= 11 is 0. The van der Waals surface area contributed by atoms with Crippen molar-refractivity contribution in [3.8, 4) is 0 Å². The van der Waals surface area contributed by atoms with Gasteiger partial charge in [0.1, 0.15) is 0 Å². The van der Waals surface area contributed by atoms with Gasteiger partial charge in [-0.1, -0.05) is 26.2 Å². The first-order valence-electron chi connectivity index (χ1n) is 6.12. The lowest BCUT2D eigenvalue weighted by Crippen LogP contribution is -2.37. The summed E-state index contributed by atoms with van der Waals surface area (Å²) in [4.78, 5) is 2.59. The Balaban J connectivity index is 1.98. The first-order valence-corrected chi connectivity index (χ1v) is 6.12. The van der Waals surface area contributed by atoms with Crippen LogP contribution >= 0.6 is 0 Å². The minimum absolute atomic E-state index is 0.530. The number of nitrogens with zero attached hydrogens (tertiary/aromatic N) is 1. The van der Waals surface area contributed by atoms with E-state index in [-0.39, 0.29) is 0 Å².